The molecule has 4 nitrogen and oxygen atoms in total. The zero-order valence-corrected chi connectivity index (χ0v) is 16.1. The van der Waals surface area contributed by atoms with Crippen molar-refractivity contribution >= 4 is 17.2 Å². The van der Waals surface area contributed by atoms with Crippen molar-refractivity contribution in [2.24, 2.45) is 0 Å². The van der Waals surface area contributed by atoms with Crippen LogP contribution in [0.3, 0.4) is 0 Å². The number of para-hydroxylation sites is 1. The van der Waals surface area contributed by atoms with E-state index in [1.165, 1.54) is 17.4 Å². The molecule has 3 rings (SSSR count). The average molecular weight is 402 g/mol. The first-order chi connectivity index (χ1) is 13.6. The number of nitrogens with one attached hydrogen (secondary N) is 1. The van der Waals surface area contributed by atoms with Crippen molar-refractivity contribution in [3.8, 4) is 16.3 Å². The monoisotopic (exact) mass is 402 g/mol. The fourth-order valence-electron chi connectivity index (χ4n) is 2.88. The van der Waals surface area contributed by atoms with Crippen LogP contribution in [0.15, 0.2) is 60.0 Å². The number of amides is 1. The van der Waals surface area contributed by atoms with Gasteiger partial charge in [0, 0.05) is 16.5 Å². The van der Waals surface area contributed by atoms with Crippen LogP contribution in [0.25, 0.3) is 10.6 Å². The fourth-order valence-corrected chi connectivity index (χ4v) is 3.71. The second-order valence-corrected chi connectivity index (χ2v) is 6.99. The SMILES string of the molecule is CCC(NC(=O)Cc1csc(-c2ccccc2)n1)c1ccccc1OC(F)F. The van der Waals surface area contributed by atoms with E-state index >= 15 is 0 Å². The van der Waals surface area contributed by atoms with Gasteiger partial charge in [-0.1, -0.05) is 55.5 Å². The minimum absolute atomic E-state index is 0.0738. The highest BCUT2D eigenvalue weighted by Gasteiger charge is 2.19. The van der Waals surface area contributed by atoms with Crippen molar-refractivity contribution in [2.45, 2.75) is 32.4 Å². The Morgan fingerprint density at radius 2 is 1.86 bits per heavy atom. The van der Waals surface area contributed by atoms with Crippen LogP contribution in [-0.2, 0) is 11.2 Å². The molecule has 0 bridgehead atoms. The molecule has 146 valence electrons. The van der Waals surface area contributed by atoms with Crippen LogP contribution in [0.5, 0.6) is 5.75 Å². The summed E-state index contributed by atoms with van der Waals surface area (Å²) in [5.41, 5.74) is 2.21. The summed E-state index contributed by atoms with van der Waals surface area (Å²) in [6.07, 6.45) is 0.666. The summed E-state index contributed by atoms with van der Waals surface area (Å²) in [6.45, 7) is -1.04. The molecule has 0 aliphatic carbocycles. The molecular weight excluding hydrogens is 382 g/mol. The van der Waals surface area contributed by atoms with Gasteiger partial charge in [0.15, 0.2) is 0 Å². The molecule has 0 saturated carbocycles. The summed E-state index contributed by atoms with van der Waals surface area (Å²) < 4.78 is 29.9. The van der Waals surface area contributed by atoms with Crippen molar-refractivity contribution in [2.75, 3.05) is 0 Å². The number of thiazole rings is 1. The summed E-state index contributed by atoms with van der Waals surface area (Å²) in [4.78, 5) is 17.0. The molecule has 1 N–H and O–H groups in total. The Morgan fingerprint density at radius 1 is 1.14 bits per heavy atom. The number of aromatic nitrogens is 1. The lowest BCUT2D eigenvalue weighted by Crippen LogP contribution is -2.30. The van der Waals surface area contributed by atoms with Gasteiger partial charge in [0.2, 0.25) is 5.91 Å². The molecule has 0 fully saturated rings. The number of halogens is 2. The Kier molecular flexibility index (Phi) is 6.71. The maximum absolute atomic E-state index is 12.6. The maximum atomic E-state index is 12.6. The van der Waals surface area contributed by atoms with Gasteiger partial charge in [-0.3, -0.25) is 4.79 Å². The molecule has 1 amide bonds. The Balaban J connectivity index is 1.68. The second kappa shape index (κ2) is 9.41. The lowest BCUT2D eigenvalue weighted by atomic mass is 10.0. The molecule has 1 aromatic heterocycles. The molecule has 0 aliphatic heterocycles. The van der Waals surface area contributed by atoms with E-state index in [0.29, 0.717) is 17.7 Å². The predicted octanol–water partition coefficient (Wildman–Crippen LogP) is 5.22. The summed E-state index contributed by atoms with van der Waals surface area (Å²) in [5.74, 6) is -0.145. The molecule has 0 aliphatic rings. The number of rotatable bonds is 8. The van der Waals surface area contributed by atoms with Crippen molar-refractivity contribution in [1.82, 2.24) is 10.3 Å². The number of alkyl halides is 2. The summed E-state index contributed by atoms with van der Waals surface area (Å²) in [5, 5.41) is 5.61. The Bertz CT molecular complexity index is 916. The van der Waals surface area contributed by atoms with Crippen LogP contribution in [-0.4, -0.2) is 17.5 Å². The van der Waals surface area contributed by atoms with Gasteiger partial charge in [-0.05, 0) is 12.5 Å². The highest BCUT2D eigenvalue weighted by Crippen LogP contribution is 2.29. The molecule has 0 radical (unpaired) electrons. The van der Waals surface area contributed by atoms with Crippen molar-refractivity contribution in [3.63, 3.8) is 0 Å². The summed E-state index contributed by atoms with van der Waals surface area (Å²) >= 11 is 1.48. The first-order valence-corrected chi connectivity index (χ1v) is 9.77. The largest absolute Gasteiger partial charge is 0.434 e. The Hall–Kier alpha value is -2.80. The van der Waals surface area contributed by atoms with Crippen LogP contribution in [0, 0.1) is 0 Å². The molecule has 7 heteroatoms. The molecule has 1 unspecified atom stereocenters. The maximum Gasteiger partial charge on any atom is 0.387 e. The standard InChI is InChI=1S/C21H20F2N2O2S/c1-2-17(16-10-6-7-11-18(16)27-21(22)23)25-19(26)12-15-13-28-20(24-15)14-8-4-3-5-9-14/h3-11,13,17,21H,2,12H2,1H3,(H,25,26). The third-order valence-electron chi connectivity index (χ3n) is 4.17. The highest BCUT2D eigenvalue weighted by molar-refractivity contribution is 7.13. The first kappa shape index (κ1) is 19.9. The Labute approximate surface area is 166 Å². The minimum atomic E-state index is -2.92. The van der Waals surface area contributed by atoms with Crippen molar-refractivity contribution in [3.05, 3.63) is 71.2 Å². The van der Waals surface area contributed by atoms with Crippen molar-refractivity contribution < 1.29 is 18.3 Å². The number of hydrogen-bond acceptors (Lipinski definition) is 4. The predicted molar refractivity (Wildman–Crippen MR) is 106 cm³/mol. The van der Waals surface area contributed by atoms with Gasteiger partial charge < -0.3 is 10.1 Å². The number of nitrogens with zero attached hydrogens (tertiary/aromatic N) is 1. The first-order valence-electron chi connectivity index (χ1n) is 8.89. The number of hydrogen-bond donors (Lipinski definition) is 1. The van der Waals surface area contributed by atoms with E-state index in [-0.39, 0.29) is 18.1 Å². The molecule has 1 atom stereocenters. The molecular formula is C21H20F2N2O2S. The van der Waals surface area contributed by atoms with Gasteiger partial charge in [-0.15, -0.1) is 11.3 Å². The summed E-state index contributed by atoms with van der Waals surface area (Å²) in [7, 11) is 0. The fraction of sp³-hybridized carbons (Fsp3) is 0.238. The van der Waals surface area contributed by atoms with Crippen LogP contribution < -0.4 is 10.1 Å². The van der Waals surface area contributed by atoms with Gasteiger partial charge in [-0.2, -0.15) is 8.78 Å². The lowest BCUT2D eigenvalue weighted by Gasteiger charge is -2.20. The quantitative estimate of drug-likeness (QED) is 0.562. The van der Waals surface area contributed by atoms with Gasteiger partial charge >= 0.3 is 6.61 Å². The van der Waals surface area contributed by atoms with E-state index in [1.54, 1.807) is 18.2 Å². The van der Waals surface area contributed by atoms with E-state index in [4.69, 9.17) is 0 Å². The third kappa shape index (κ3) is 5.13. The molecule has 0 saturated heterocycles. The van der Waals surface area contributed by atoms with E-state index in [2.05, 4.69) is 15.0 Å². The normalized spacial score (nSPS) is 12.0. The molecule has 28 heavy (non-hydrogen) atoms. The number of ether oxygens (including phenoxy) is 1. The van der Waals surface area contributed by atoms with Gasteiger partial charge in [0.05, 0.1) is 18.2 Å². The van der Waals surface area contributed by atoms with Gasteiger partial charge in [-0.25, -0.2) is 4.98 Å². The van der Waals surface area contributed by atoms with E-state index in [0.717, 1.165) is 10.6 Å². The van der Waals surface area contributed by atoms with E-state index in [1.807, 2.05) is 42.6 Å². The van der Waals surface area contributed by atoms with Crippen LogP contribution >= 0.6 is 11.3 Å². The van der Waals surface area contributed by atoms with Crippen molar-refractivity contribution in [1.29, 1.82) is 0 Å². The number of carbonyl (C=O) groups excluding carboxylic acids is 1. The molecule has 3 aromatic rings. The Morgan fingerprint density at radius 3 is 2.57 bits per heavy atom. The molecule has 2 aromatic carbocycles. The van der Waals surface area contributed by atoms with E-state index < -0.39 is 12.7 Å². The van der Waals surface area contributed by atoms with Crippen LogP contribution in [0.2, 0.25) is 0 Å². The molecule has 0 spiro atoms. The van der Waals surface area contributed by atoms with Gasteiger partial charge in [0.25, 0.3) is 0 Å². The summed E-state index contributed by atoms with van der Waals surface area (Å²) in [6, 6.07) is 15.8. The highest BCUT2D eigenvalue weighted by atomic mass is 32.1. The minimum Gasteiger partial charge on any atom is -0.434 e. The number of carbonyl (C=O) groups is 1. The topological polar surface area (TPSA) is 51.2 Å². The zero-order valence-electron chi connectivity index (χ0n) is 15.3. The third-order valence-corrected chi connectivity index (χ3v) is 5.11. The smallest absolute Gasteiger partial charge is 0.387 e. The average Bonchev–Trinajstić information content (AvgIpc) is 3.15. The molecule has 1 heterocycles. The number of benzene rings is 2. The lowest BCUT2D eigenvalue weighted by molar-refractivity contribution is -0.121. The van der Waals surface area contributed by atoms with E-state index in [9.17, 15) is 13.6 Å². The van der Waals surface area contributed by atoms with Crippen LogP contribution in [0.1, 0.15) is 30.6 Å². The van der Waals surface area contributed by atoms with Gasteiger partial charge in [0.1, 0.15) is 10.8 Å². The second-order valence-electron chi connectivity index (χ2n) is 6.13. The van der Waals surface area contributed by atoms with Crippen LogP contribution in [0.4, 0.5) is 8.78 Å². The zero-order chi connectivity index (χ0) is 19.9.